The second-order valence-corrected chi connectivity index (χ2v) is 5.86. The smallest absolute Gasteiger partial charge is 0.408 e. The summed E-state index contributed by atoms with van der Waals surface area (Å²) in [6.45, 7) is 4.31. The van der Waals surface area contributed by atoms with Gasteiger partial charge in [0.25, 0.3) is 0 Å². The van der Waals surface area contributed by atoms with Crippen LogP contribution in [0.1, 0.15) is 30.9 Å². The van der Waals surface area contributed by atoms with Crippen molar-refractivity contribution in [3.63, 3.8) is 0 Å². The highest BCUT2D eigenvalue weighted by Crippen LogP contribution is 2.44. The number of nitrogens with one attached hydrogen (secondary N) is 1. The Bertz CT molecular complexity index is 651. The highest BCUT2D eigenvalue weighted by Gasteiger charge is 2.28. The first-order chi connectivity index (χ1) is 11.2. The number of hydrogen-bond acceptors (Lipinski definition) is 3. The van der Waals surface area contributed by atoms with E-state index in [9.17, 15) is 4.79 Å². The first kappa shape index (κ1) is 15.6. The van der Waals surface area contributed by atoms with Gasteiger partial charge in [0, 0.05) is 5.92 Å². The Balaban J connectivity index is 1.67. The van der Waals surface area contributed by atoms with Crippen LogP contribution >= 0.6 is 0 Å². The highest BCUT2D eigenvalue weighted by molar-refractivity contribution is 5.79. The monoisotopic (exact) mass is 311 g/mol. The molecule has 1 N–H and O–H groups in total. The molecule has 0 heterocycles. The summed E-state index contributed by atoms with van der Waals surface area (Å²) in [7, 11) is 0. The molecule has 1 aliphatic carbocycles. The maximum atomic E-state index is 11.8. The van der Waals surface area contributed by atoms with Gasteiger partial charge in [-0.05, 0) is 36.1 Å². The Morgan fingerprint density at radius 2 is 1.61 bits per heavy atom. The summed E-state index contributed by atoms with van der Waals surface area (Å²) in [4.78, 5) is 11.8. The second-order valence-electron chi connectivity index (χ2n) is 5.86. The second kappa shape index (κ2) is 6.84. The quantitative estimate of drug-likeness (QED) is 0.852. The first-order valence-corrected chi connectivity index (χ1v) is 7.87. The third kappa shape index (κ3) is 3.37. The largest absolute Gasteiger partial charge is 0.449 e. The number of ether oxygens (including phenoxy) is 2. The van der Waals surface area contributed by atoms with Gasteiger partial charge in [-0.2, -0.15) is 0 Å². The van der Waals surface area contributed by atoms with Crippen LogP contribution < -0.4 is 5.32 Å². The van der Waals surface area contributed by atoms with Crippen LogP contribution in [0.2, 0.25) is 0 Å². The molecule has 3 rings (SSSR count). The molecular formula is C19H21NO3. The molecule has 0 radical (unpaired) electrons. The Labute approximate surface area is 136 Å². The summed E-state index contributed by atoms with van der Waals surface area (Å²) in [6.07, 6.45) is -0.378. The van der Waals surface area contributed by atoms with Crippen LogP contribution in [-0.4, -0.2) is 25.5 Å². The zero-order valence-electron chi connectivity index (χ0n) is 13.4. The SMILES string of the molecule is CC(C)OCNC(=O)OCC1c2ccccc2-c2ccccc21. The zero-order chi connectivity index (χ0) is 16.2. The van der Waals surface area contributed by atoms with E-state index in [1.807, 2.05) is 38.1 Å². The summed E-state index contributed by atoms with van der Waals surface area (Å²) >= 11 is 0. The summed E-state index contributed by atoms with van der Waals surface area (Å²) in [6, 6.07) is 16.5. The zero-order valence-corrected chi connectivity index (χ0v) is 13.4. The first-order valence-electron chi connectivity index (χ1n) is 7.87. The van der Waals surface area contributed by atoms with E-state index in [-0.39, 0.29) is 18.8 Å². The van der Waals surface area contributed by atoms with Gasteiger partial charge in [-0.1, -0.05) is 48.5 Å². The van der Waals surface area contributed by atoms with Crippen molar-refractivity contribution in [2.45, 2.75) is 25.9 Å². The lowest BCUT2D eigenvalue weighted by Crippen LogP contribution is -2.29. The molecule has 2 aromatic carbocycles. The van der Waals surface area contributed by atoms with Crippen LogP contribution in [0.15, 0.2) is 48.5 Å². The minimum atomic E-state index is -0.451. The molecule has 0 unspecified atom stereocenters. The van der Waals surface area contributed by atoms with Crippen molar-refractivity contribution < 1.29 is 14.3 Å². The van der Waals surface area contributed by atoms with Gasteiger partial charge in [0.15, 0.2) is 0 Å². The van der Waals surface area contributed by atoms with Gasteiger partial charge in [0.2, 0.25) is 0 Å². The molecule has 1 amide bonds. The van der Waals surface area contributed by atoms with Gasteiger partial charge in [0.1, 0.15) is 13.3 Å². The van der Waals surface area contributed by atoms with Gasteiger partial charge < -0.3 is 9.47 Å². The fourth-order valence-corrected chi connectivity index (χ4v) is 2.92. The maximum Gasteiger partial charge on any atom is 0.408 e. The average molecular weight is 311 g/mol. The lowest BCUT2D eigenvalue weighted by atomic mass is 9.98. The fraction of sp³-hybridized carbons (Fsp3) is 0.316. The number of hydrogen-bond donors (Lipinski definition) is 1. The Hall–Kier alpha value is -2.33. The molecule has 1 aliphatic rings. The Morgan fingerprint density at radius 1 is 1.04 bits per heavy atom. The third-order valence-corrected chi connectivity index (χ3v) is 3.98. The molecular weight excluding hydrogens is 290 g/mol. The molecule has 0 saturated carbocycles. The summed E-state index contributed by atoms with van der Waals surface area (Å²) in [5.41, 5.74) is 4.86. The van der Waals surface area contributed by atoms with Crippen molar-refractivity contribution in [3.05, 3.63) is 59.7 Å². The lowest BCUT2D eigenvalue weighted by molar-refractivity contribution is 0.0576. The Morgan fingerprint density at radius 3 is 2.17 bits per heavy atom. The van der Waals surface area contributed by atoms with Crippen molar-refractivity contribution in [2.75, 3.05) is 13.3 Å². The van der Waals surface area contributed by atoms with Crippen molar-refractivity contribution in [2.24, 2.45) is 0 Å². The number of alkyl carbamates (subject to hydrolysis) is 1. The van der Waals surface area contributed by atoms with Gasteiger partial charge in [0.05, 0.1) is 6.10 Å². The van der Waals surface area contributed by atoms with E-state index in [1.54, 1.807) is 0 Å². The average Bonchev–Trinajstić information content (AvgIpc) is 2.87. The number of rotatable bonds is 5. The molecule has 23 heavy (non-hydrogen) atoms. The summed E-state index contributed by atoms with van der Waals surface area (Å²) in [5.74, 6) is 0.0826. The maximum absolute atomic E-state index is 11.8. The number of carbonyl (C=O) groups excluding carboxylic acids is 1. The normalized spacial score (nSPS) is 12.8. The van der Waals surface area contributed by atoms with Crippen molar-refractivity contribution in [1.29, 1.82) is 0 Å². The van der Waals surface area contributed by atoms with E-state index in [4.69, 9.17) is 9.47 Å². The van der Waals surface area contributed by atoms with Gasteiger partial charge in [-0.25, -0.2) is 4.79 Å². The molecule has 0 fully saturated rings. The van der Waals surface area contributed by atoms with Crippen LogP contribution in [0.4, 0.5) is 4.79 Å². The van der Waals surface area contributed by atoms with E-state index in [0.717, 1.165) is 0 Å². The van der Waals surface area contributed by atoms with E-state index in [2.05, 4.69) is 29.6 Å². The van der Waals surface area contributed by atoms with Crippen LogP contribution in [0.5, 0.6) is 0 Å². The summed E-state index contributed by atoms with van der Waals surface area (Å²) < 4.78 is 10.7. The molecule has 0 aromatic heterocycles. The minimum absolute atomic E-state index is 0.0730. The third-order valence-electron chi connectivity index (χ3n) is 3.98. The Kier molecular flexibility index (Phi) is 4.63. The van der Waals surface area contributed by atoms with E-state index < -0.39 is 6.09 Å². The molecule has 0 aliphatic heterocycles. The van der Waals surface area contributed by atoms with Crippen molar-refractivity contribution >= 4 is 6.09 Å². The number of amides is 1. The lowest BCUT2D eigenvalue weighted by Gasteiger charge is -2.15. The molecule has 0 atom stereocenters. The van der Waals surface area contributed by atoms with Crippen LogP contribution in [-0.2, 0) is 9.47 Å². The highest BCUT2D eigenvalue weighted by atomic mass is 16.6. The predicted molar refractivity (Wildman–Crippen MR) is 89.3 cm³/mol. The standard InChI is InChI=1S/C19H21NO3/c1-13(2)23-12-20-19(21)22-11-18-16-9-5-3-7-14(16)15-8-4-6-10-17(15)18/h3-10,13,18H,11-12H2,1-2H3,(H,20,21). The van der Waals surface area contributed by atoms with Crippen molar-refractivity contribution in [3.8, 4) is 11.1 Å². The molecule has 4 heteroatoms. The number of carbonyl (C=O) groups is 1. The van der Waals surface area contributed by atoms with Gasteiger partial charge in [-0.15, -0.1) is 0 Å². The number of fused-ring (bicyclic) bond motifs is 3. The molecule has 0 bridgehead atoms. The minimum Gasteiger partial charge on any atom is -0.449 e. The summed E-state index contributed by atoms with van der Waals surface area (Å²) in [5, 5.41) is 2.60. The molecule has 120 valence electrons. The van der Waals surface area contributed by atoms with Gasteiger partial charge >= 0.3 is 6.09 Å². The fourth-order valence-electron chi connectivity index (χ4n) is 2.92. The molecule has 0 saturated heterocycles. The van der Waals surface area contributed by atoms with E-state index in [0.29, 0.717) is 6.61 Å². The predicted octanol–water partition coefficient (Wildman–Crippen LogP) is 3.91. The van der Waals surface area contributed by atoms with Crippen molar-refractivity contribution in [1.82, 2.24) is 5.32 Å². The molecule has 0 spiro atoms. The number of benzene rings is 2. The van der Waals surface area contributed by atoms with Crippen LogP contribution in [0.3, 0.4) is 0 Å². The molecule has 2 aromatic rings. The van der Waals surface area contributed by atoms with E-state index >= 15 is 0 Å². The molecule has 4 nitrogen and oxygen atoms in total. The van der Waals surface area contributed by atoms with Gasteiger partial charge in [-0.3, -0.25) is 5.32 Å². The topological polar surface area (TPSA) is 47.6 Å². The van der Waals surface area contributed by atoms with Crippen LogP contribution in [0, 0.1) is 0 Å². The van der Waals surface area contributed by atoms with Crippen LogP contribution in [0.25, 0.3) is 11.1 Å². The van der Waals surface area contributed by atoms with E-state index in [1.165, 1.54) is 22.3 Å².